The average Bonchev–Trinajstić information content (AvgIpc) is 3.28. The average molecular weight is 353 g/mol. The first-order valence-electron chi connectivity index (χ1n) is 8.53. The molecule has 7 heteroatoms. The van der Waals surface area contributed by atoms with Crippen molar-refractivity contribution in [3.05, 3.63) is 53.9 Å². The van der Waals surface area contributed by atoms with Gasteiger partial charge in [-0.3, -0.25) is 14.6 Å². The van der Waals surface area contributed by atoms with E-state index in [1.54, 1.807) is 11.1 Å². The van der Waals surface area contributed by atoms with E-state index in [4.69, 9.17) is 9.47 Å². The number of hydrogen-bond acceptors (Lipinski definition) is 5. The Hall–Kier alpha value is -3.09. The number of benzene rings is 1. The largest absolute Gasteiger partial charge is 0.454 e. The van der Waals surface area contributed by atoms with E-state index in [9.17, 15) is 9.59 Å². The molecule has 3 heterocycles. The first-order valence-corrected chi connectivity index (χ1v) is 8.53. The maximum atomic E-state index is 12.5. The highest BCUT2D eigenvalue weighted by atomic mass is 16.7. The number of pyridine rings is 1. The van der Waals surface area contributed by atoms with E-state index in [0.29, 0.717) is 31.1 Å². The number of carbonyl (C=O) groups excluding carboxylic acids is 2. The molecule has 1 atom stereocenters. The van der Waals surface area contributed by atoms with Gasteiger partial charge in [-0.05, 0) is 18.2 Å². The number of rotatable bonds is 5. The third kappa shape index (κ3) is 3.33. The fourth-order valence-corrected chi connectivity index (χ4v) is 3.24. The molecule has 134 valence electrons. The Morgan fingerprint density at radius 1 is 1.23 bits per heavy atom. The van der Waals surface area contributed by atoms with Gasteiger partial charge in [-0.2, -0.15) is 0 Å². The number of nitrogens with one attached hydrogen (secondary N) is 1. The van der Waals surface area contributed by atoms with Gasteiger partial charge in [-0.25, -0.2) is 0 Å². The van der Waals surface area contributed by atoms with E-state index in [1.165, 1.54) is 0 Å². The number of nitrogens with zero attached hydrogens (tertiary/aromatic N) is 2. The van der Waals surface area contributed by atoms with E-state index >= 15 is 0 Å². The zero-order valence-electron chi connectivity index (χ0n) is 14.2. The molecule has 26 heavy (non-hydrogen) atoms. The van der Waals surface area contributed by atoms with Crippen molar-refractivity contribution in [2.45, 2.75) is 19.5 Å². The normalized spacial score (nSPS) is 18.2. The third-order valence-corrected chi connectivity index (χ3v) is 4.60. The monoisotopic (exact) mass is 353 g/mol. The van der Waals surface area contributed by atoms with E-state index in [2.05, 4.69) is 10.3 Å². The van der Waals surface area contributed by atoms with E-state index in [0.717, 1.165) is 11.3 Å². The molecule has 1 fully saturated rings. The SMILES string of the molecule is O=C(NCc1cccc2c1OCO2)C1CC(=O)N(Cc2ccccn2)C1. The second-order valence-electron chi connectivity index (χ2n) is 6.37. The van der Waals surface area contributed by atoms with Gasteiger partial charge in [0.1, 0.15) is 0 Å². The first-order chi connectivity index (χ1) is 12.7. The van der Waals surface area contributed by atoms with Crippen molar-refractivity contribution >= 4 is 11.8 Å². The summed E-state index contributed by atoms with van der Waals surface area (Å²) in [5, 5.41) is 2.91. The quantitative estimate of drug-likeness (QED) is 0.881. The fraction of sp³-hybridized carbons (Fsp3) is 0.316. The van der Waals surface area contributed by atoms with Crippen LogP contribution in [0.5, 0.6) is 11.5 Å². The van der Waals surface area contributed by atoms with Crippen molar-refractivity contribution < 1.29 is 19.1 Å². The number of likely N-dealkylation sites (tertiary alicyclic amines) is 1. The summed E-state index contributed by atoms with van der Waals surface area (Å²) in [5.41, 5.74) is 1.68. The molecule has 0 aliphatic carbocycles. The molecule has 2 aliphatic rings. The minimum atomic E-state index is -0.347. The van der Waals surface area contributed by atoms with Crippen LogP contribution in [0, 0.1) is 5.92 Å². The van der Waals surface area contributed by atoms with Crippen LogP contribution in [0.3, 0.4) is 0 Å². The lowest BCUT2D eigenvalue weighted by molar-refractivity contribution is -0.129. The molecule has 2 aliphatic heterocycles. The summed E-state index contributed by atoms with van der Waals surface area (Å²) < 4.78 is 10.8. The number of carbonyl (C=O) groups is 2. The Labute approximate surface area is 150 Å². The maximum Gasteiger partial charge on any atom is 0.231 e. The zero-order valence-corrected chi connectivity index (χ0v) is 14.2. The summed E-state index contributed by atoms with van der Waals surface area (Å²) in [6.45, 7) is 1.38. The molecular weight excluding hydrogens is 334 g/mol. The minimum absolute atomic E-state index is 0.0202. The molecule has 1 saturated heterocycles. The first kappa shape index (κ1) is 16.4. The van der Waals surface area contributed by atoms with Crippen molar-refractivity contribution in [1.29, 1.82) is 0 Å². The van der Waals surface area contributed by atoms with Crippen molar-refractivity contribution in [2.24, 2.45) is 5.92 Å². The van der Waals surface area contributed by atoms with Gasteiger partial charge in [-0.1, -0.05) is 18.2 Å². The van der Waals surface area contributed by atoms with Crippen LogP contribution in [0.4, 0.5) is 0 Å². The molecule has 0 saturated carbocycles. The lowest BCUT2D eigenvalue weighted by Crippen LogP contribution is -2.32. The van der Waals surface area contributed by atoms with Crippen molar-refractivity contribution in [1.82, 2.24) is 15.2 Å². The number of ether oxygens (including phenoxy) is 2. The lowest BCUT2D eigenvalue weighted by Gasteiger charge is -2.16. The molecule has 0 radical (unpaired) electrons. The number of fused-ring (bicyclic) bond motifs is 1. The molecule has 2 aromatic rings. The third-order valence-electron chi connectivity index (χ3n) is 4.60. The van der Waals surface area contributed by atoms with Gasteiger partial charge in [0.25, 0.3) is 0 Å². The molecule has 7 nitrogen and oxygen atoms in total. The van der Waals surface area contributed by atoms with Gasteiger partial charge in [0.05, 0.1) is 18.2 Å². The van der Waals surface area contributed by atoms with Crippen molar-refractivity contribution in [2.75, 3.05) is 13.3 Å². The van der Waals surface area contributed by atoms with Crippen LogP contribution in [-0.2, 0) is 22.7 Å². The van der Waals surface area contributed by atoms with E-state index in [1.807, 2.05) is 36.4 Å². The highest BCUT2D eigenvalue weighted by molar-refractivity contribution is 5.89. The van der Waals surface area contributed by atoms with Crippen LogP contribution in [-0.4, -0.2) is 35.0 Å². The second-order valence-corrected chi connectivity index (χ2v) is 6.37. The lowest BCUT2D eigenvalue weighted by atomic mass is 10.1. The topological polar surface area (TPSA) is 80.8 Å². The van der Waals surface area contributed by atoms with Crippen LogP contribution >= 0.6 is 0 Å². The number of para-hydroxylation sites is 1. The molecule has 1 N–H and O–H groups in total. The van der Waals surface area contributed by atoms with Gasteiger partial charge < -0.3 is 19.7 Å². The molecule has 2 amide bonds. The Morgan fingerprint density at radius 2 is 2.15 bits per heavy atom. The number of amides is 2. The number of aromatic nitrogens is 1. The Kier molecular flexibility index (Phi) is 4.43. The Bertz CT molecular complexity index is 825. The summed E-state index contributed by atoms with van der Waals surface area (Å²) in [6.07, 6.45) is 1.93. The van der Waals surface area contributed by atoms with Gasteiger partial charge in [-0.15, -0.1) is 0 Å². The molecule has 1 aromatic heterocycles. The van der Waals surface area contributed by atoms with Crippen molar-refractivity contribution in [3.63, 3.8) is 0 Å². The van der Waals surface area contributed by atoms with Crippen LogP contribution in [0.1, 0.15) is 17.7 Å². The molecule has 1 aromatic carbocycles. The Balaban J connectivity index is 1.34. The highest BCUT2D eigenvalue weighted by Gasteiger charge is 2.34. The number of hydrogen-bond donors (Lipinski definition) is 1. The predicted octanol–water partition coefficient (Wildman–Crippen LogP) is 1.48. The van der Waals surface area contributed by atoms with Gasteiger partial charge in [0.2, 0.25) is 18.6 Å². The van der Waals surface area contributed by atoms with E-state index < -0.39 is 0 Å². The van der Waals surface area contributed by atoms with Gasteiger partial charge in [0.15, 0.2) is 11.5 Å². The molecule has 1 unspecified atom stereocenters. The fourth-order valence-electron chi connectivity index (χ4n) is 3.24. The summed E-state index contributed by atoms with van der Waals surface area (Å²) >= 11 is 0. The van der Waals surface area contributed by atoms with Crippen LogP contribution in [0.15, 0.2) is 42.6 Å². The predicted molar refractivity (Wildman–Crippen MR) is 92.2 cm³/mol. The van der Waals surface area contributed by atoms with Crippen LogP contribution in [0.2, 0.25) is 0 Å². The van der Waals surface area contributed by atoms with Gasteiger partial charge >= 0.3 is 0 Å². The molecular formula is C19H19N3O4. The standard InChI is InChI=1S/C19H19N3O4/c23-17-8-14(10-22(17)11-15-5-1-2-7-20-15)19(24)21-9-13-4-3-6-16-18(13)26-12-25-16/h1-7,14H,8-12H2,(H,21,24). The van der Waals surface area contributed by atoms with Crippen molar-refractivity contribution in [3.8, 4) is 11.5 Å². The summed E-state index contributed by atoms with van der Waals surface area (Å²) in [5.74, 6) is 0.869. The zero-order chi connectivity index (χ0) is 17.9. The highest BCUT2D eigenvalue weighted by Crippen LogP contribution is 2.35. The Morgan fingerprint density at radius 3 is 3.00 bits per heavy atom. The molecule has 0 spiro atoms. The van der Waals surface area contributed by atoms with Crippen LogP contribution < -0.4 is 14.8 Å². The minimum Gasteiger partial charge on any atom is -0.454 e. The second kappa shape index (κ2) is 7.03. The maximum absolute atomic E-state index is 12.5. The van der Waals surface area contributed by atoms with Crippen LogP contribution in [0.25, 0.3) is 0 Å². The summed E-state index contributed by atoms with van der Waals surface area (Å²) in [7, 11) is 0. The summed E-state index contributed by atoms with van der Waals surface area (Å²) in [4.78, 5) is 30.6. The molecule has 4 rings (SSSR count). The molecule has 0 bridgehead atoms. The van der Waals surface area contributed by atoms with E-state index in [-0.39, 0.29) is 30.9 Å². The van der Waals surface area contributed by atoms with Gasteiger partial charge in [0, 0.05) is 31.3 Å². The smallest absolute Gasteiger partial charge is 0.231 e. The summed E-state index contributed by atoms with van der Waals surface area (Å²) in [6, 6.07) is 11.2.